The van der Waals surface area contributed by atoms with Gasteiger partial charge in [-0.05, 0) is 36.4 Å². The van der Waals surface area contributed by atoms with Crippen molar-refractivity contribution < 1.29 is 13.6 Å². The molecule has 0 bridgehead atoms. The maximum Gasteiger partial charge on any atom is 0.162 e. The lowest BCUT2D eigenvalue weighted by molar-refractivity contribution is 0.0988. The molecule has 0 aliphatic heterocycles. The first-order chi connectivity index (χ1) is 8.63. The smallest absolute Gasteiger partial charge is 0.162 e. The van der Waals surface area contributed by atoms with Crippen LogP contribution in [-0.4, -0.2) is 5.78 Å². The van der Waals surface area contributed by atoms with Gasteiger partial charge >= 0.3 is 0 Å². The van der Waals surface area contributed by atoms with Crippen LogP contribution in [0.2, 0.25) is 0 Å². The van der Waals surface area contributed by atoms with Crippen molar-refractivity contribution in [1.82, 2.24) is 0 Å². The first kappa shape index (κ1) is 14.0. The molecule has 0 amide bonds. The van der Waals surface area contributed by atoms with Crippen molar-refractivity contribution in [3.05, 3.63) is 71.8 Å². The quantitative estimate of drug-likeness (QED) is 0.726. The minimum Gasteiger partial charge on any atom is -0.294 e. The van der Waals surface area contributed by atoms with Gasteiger partial charge in [-0.1, -0.05) is 25.1 Å². The molecule has 0 aromatic heterocycles. The summed E-state index contributed by atoms with van der Waals surface area (Å²) in [6.45, 7) is 1.78. The van der Waals surface area contributed by atoms with E-state index < -0.39 is 0 Å². The second kappa shape index (κ2) is 7.33. The van der Waals surface area contributed by atoms with Crippen LogP contribution < -0.4 is 0 Å². The highest BCUT2D eigenvalue weighted by molar-refractivity contribution is 5.95. The van der Waals surface area contributed by atoms with E-state index in [0.29, 0.717) is 12.0 Å². The summed E-state index contributed by atoms with van der Waals surface area (Å²) in [5.74, 6) is -0.440. The van der Waals surface area contributed by atoms with Crippen molar-refractivity contribution >= 4 is 5.78 Å². The second-order valence-electron chi connectivity index (χ2n) is 3.58. The number of ketones is 1. The molecule has 0 fully saturated rings. The number of hydrogen-bond acceptors (Lipinski definition) is 1. The molecule has 18 heavy (non-hydrogen) atoms. The van der Waals surface area contributed by atoms with Crippen molar-refractivity contribution in [3.63, 3.8) is 0 Å². The highest BCUT2D eigenvalue weighted by atomic mass is 19.1. The zero-order chi connectivity index (χ0) is 13.4. The van der Waals surface area contributed by atoms with Crippen LogP contribution in [0.4, 0.5) is 8.78 Å². The normalized spacial score (nSPS) is 9.28. The van der Waals surface area contributed by atoms with E-state index >= 15 is 0 Å². The Morgan fingerprint density at radius 1 is 0.889 bits per heavy atom. The monoisotopic (exact) mass is 248 g/mol. The second-order valence-corrected chi connectivity index (χ2v) is 3.58. The summed E-state index contributed by atoms with van der Waals surface area (Å²) in [5, 5.41) is 0. The molecule has 2 aromatic rings. The van der Waals surface area contributed by atoms with Gasteiger partial charge in [0.2, 0.25) is 0 Å². The first-order valence-corrected chi connectivity index (χ1v) is 5.62. The Morgan fingerprint density at radius 2 is 1.39 bits per heavy atom. The lowest BCUT2D eigenvalue weighted by Gasteiger charge is -1.95. The largest absolute Gasteiger partial charge is 0.294 e. The van der Waals surface area contributed by atoms with Crippen molar-refractivity contribution in [1.29, 1.82) is 0 Å². The zero-order valence-electron chi connectivity index (χ0n) is 10.1. The Kier molecular flexibility index (Phi) is 5.71. The van der Waals surface area contributed by atoms with Crippen LogP contribution in [0, 0.1) is 11.6 Å². The average molecular weight is 248 g/mol. The highest BCUT2D eigenvalue weighted by Gasteiger charge is 2.00. The number of rotatable bonds is 2. The van der Waals surface area contributed by atoms with E-state index in [-0.39, 0.29) is 17.4 Å². The Morgan fingerprint density at radius 3 is 1.78 bits per heavy atom. The number of benzene rings is 2. The molecule has 0 heterocycles. The van der Waals surface area contributed by atoms with Crippen LogP contribution in [0.25, 0.3) is 0 Å². The molecular formula is C15H14F2O. The average Bonchev–Trinajstić information content (AvgIpc) is 2.40. The number of carbonyl (C=O) groups is 1. The number of halogens is 2. The lowest BCUT2D eigenvalue weighted by atomic mass is 10.1. The van der Waals surface area contributed by atoms with Gasteiger partial charge in [0, 0.05) is 12.0 Å². The van der Waals surface area contributed by atoms with Crippen LogP contribution in [-0.2, 0) is 0 Å². The molecule has 0 saturated heterocycles. The summed E-state index contributed by atoms with van der Waals surface area (Å²) >= 11 is 0. The summed E-state index contributed by atoms with van der Waals surface area (Å²) < 4.78 is 24.2. The van der Waals surface area contributed by atoms with E-state index in [1.165, 1.54) is 36.4 Å². The molecule has 94 valence electrons. The number of hydrogen-bond donors (Lipinski definition) is 0. The van der Waals surface area contributed by atoms with Gasteiger partial charge in [0.1, 0.15) is 11.6 Å². The highest BCUT2D eigenvalue weighted by Crippen LogP contribution is 2.04. The molecule has 0 aliphatic rings. The SMILES string of the molecule is CCC(=O)c1ccc(F)cc1.Fc1ccccc1. The minimum atomic E-state index is -0.308. The number of carbonyl (C=O) groups excluding carboxylic acids is 1. The van der Waals surface area contributed by atoms with Crippen LogP contribution in [0.3, 0.4) is 0 Å². The Balaban J connectivity index is 0.000000199. The van der Waals surface area contributed by atoms with Crippen LogP contribution >= 0.6 is 0 Å². The van der Waals surface area contributed by atoms with Gasteiger partial charge in [-0.2, -0.15) is 0 Å². The summed E-state index contributed by atoms with van der Waals surface area (Å²) in [7, 11) is 0. The lowest BCUT2D eigenvalue weighted by Crippen LogP contribution is -1.95. The molecule has 0 radical (unpaired) electrons. The predicted octanol–water partition coefficient (Wildman–Crippen LogP) is 4.24. The molecule has 0 unspecified atom stereocenters. The van der Waals surface area contributed by atoms with E-state index in [1.54, 1.807) is 25.1 Å². The van der Waals surface area contributed by atoms with E-state index in [1.807, 2.05) is 0 Å². The fraction of sp³-hybridized carbons (Fsp3) is 0.133. The van der Waals surface area contributed by atoms with Gasteiger partial charge in [0.05, 0.1) is 0 Å². The summed E-state index contributed by atoms with van der Waals surface area (Å²) in [6, 6.07) is 13.5. The topological polar surface area (TPSA) is 17.1 Å². The fourth-order valence-electron chi connectivity index (χ4n) is 1.25. The Bertz CT molecular complexity index is 478. The zero-order valence-corrected chi connectivity index (χ0v) is 10.1. The Hall–Kier alpha value is -2.03. The molecule has 0 aliphatic carbocycles. The van der Waals surface area contributed by atoms with Crippen molar-refractivity contribution in [2.24, 2.45) is 0 Å². The van der Waals surface area contributed by atoms with Crippen molar-refractivity contribution in [2.75, 3.05) is 0 Å². The van der Waals surface area contributed by atoms with Crippen LogP contribution in [0.15, 0.2) is 54.6 Å². The number of Topliss-reactive ketones (excluding diaryl/α,β-unsaturated/α-hetero) is 1. The maximum absolute atomic E-state index is 12.3. The van der Waals surface area contributed by atoms with Gasteiger partial charge in [-0.15, -0.1) is 0 Å². The standard InChI is InChI=1S/C9H9FO.C6H5F/c1-2-9(11)7-3-5-8(10)6-4-7;7-6-4-2-1-3-5-6/h3-6H,2H2,1H3;1-5H. The van der Waals surface area contributed by atoms with Crippen molar-refractivity contribution in [3.8, 4) is 0 Å². The van der Waals surface area contributed by atoms with E-state index in [0.717, 1.165) is 0 Å². The molecule has 2 rings (SSSR count). The third-order valence-electron chi connectivity index (χ3n) is 2.22. The summed E-state index contributed by atoms with van der Waals surface area (Å²) in [6.07, 6.45) is 0.464. The molecule has 0 atom stereocenters. The van der Waals surface area contributed by atoms with E-state index in [9.17, 15) is 13.6 Å². The van der Waals surface area contributed by atoms with E-state index in [2.05, 4.69) is 0 Å². The molecule has 0 N–H and O–H groups in total. The van der Waals surface area contributed by atoms with Crippen molar-refractivity contribution in [2.45, 2.75) is 13.3 Å². The van der Waals surface area contributed by atoms with Gasteiger partial charge in [-0.25, -0.2) is 8.78 Å². The summed E-state index contributed by atoms with van der Waals surface area (Å²) in [4.78, 5) is 11.0. The molecule has 3 heteroatoms. The Labute approximate surface area is 105 Å². The van der Waals surface area contributed by atoms with Crippen LogP contribution in [0.5, 0.6) is 0 Å². The third kappa shape index (κ3) is 4.87. The van der Waals surface area contributed by atoms with Crippen LogP contribution in [0.1, 0.15) is 23.7 Å². The first-order valence-electron chi connectivity index (χ1n) is 5.62. The molecule has 0 saturated carbocycles. The molecular weight excluding hydrogens is 234 g/mol. The molecule has 0 spiro atoms. The maximum atomic E-state index is 12.3. The third-order valence-corrected chi connectivity index (χ3v) is 2.22. The summed E-state index contributed by atoms with van der Waals surface area (Å²) in [5.41, 5.74) is 0.578. The van der Waals surface area contributed by atoms with Gasteiger partial charge in [0.15, 0.2) is 5.78 Å². The van der Waals surface area contributed by atoms with Gasteiger partial charge < -0.3 is 0 Å². The molecule has 2 aromatic carbocycles. The predicted molar refractivity (Wildman–Crippen MR) is 67.4 cm³/mol. The van der Waals surface area contributed by atoms with Gasteiger partial charge in [0.25, 0.3) is 0 Å². The van der Waals surface area contributed by atoms with E-state index in [4.69, 9.17) is 0 Å². The van der Waals surface area contributed by atoms with Gasteiger partial charge in [-0.3, -0.25) is 4.79 Å². The minimum absolute atomic E-state index is 0.0463. The fourth-order valence-corrected chi connectivity index (χ4v) is 1.25. The molecule has 1 nitrogen and oxygen atoms in total.